The minimum absolute atomic E-state index is 0.128. The van der Waals surface area contributed by atoms with E-state index in [-0.39, 0.29) is 6.04 Å². The standard InChI is InChI=1S/C16H23NO/c17-16(11-15-5-2-10-18-15)14-8-6-13(7-9-14)12-3-1-4-12/h6-9,12,15-16H,1-5,10-11,17H2. The average molecular weight is 245 g/mol. The molecule has 98 valence electrons. The number of benzene rings is 1. The number of nitrogens with two attached hydrogens (primary N) is 1. The third kappa shape index (κ3) is 2.60. The number of hydrogen-bond donors (Lipinski definition) is 1. The molecule has 1 aliphatic heterocycles. The molecule has 1 heterocycles. The molecule has 2 fully saturated rings. The molecular formula is C16H23NO. The molecule has 18 heavy (non-hydrogen) atoms. The highest BCUT2D eigenvalue weighted by Gasteiger charge is 2.21. The smallest absolute Gasteiger partial charge is 0.0594 e. The van der Waals surface area contributed by atoms with Gasteiger partial charge in [-0.3, -0.25) is 0 Å². The summed E-state index contributed by atoms with van der Waals surface area (Å²) in [6.07, 6.45) is 7.83. The van der Waals surface area contributed by atoms with E-state index in [9.17, 15) is 0 Å². The maximum absolute atomic E-state index is 6.27. The first-order valence-corrected chi connectivity index (χ1v) is 7.30. The molecule has 0 amide bonds. The second-order valence-electron chi connectivity index (χ2n) is 5.77. The molecule has 1 aromatic rings. The summed E-state index contributed by atoms with van der Waals surface area (Å²) in [7, 11) is 0. The van der Waals surface area contributed by atoms with Gasteiger partial charge in [0.25, 0.3) is 0 Å². The van der Waals surface area contributed by atoms with Crippen LogP contribution in [0.2, 0.25) is 0 Å². The first-order chi connectivity index (χ1) is 8.83. The highest BCUT2D eigenvalue weighted by molar-refractivity contribution is 5.28. The van der Waals surface area contributed by atoms with Crippen molar-refractivity contribution in [1.29, 1.82) is 0 Å². The molecule has 2 unspecified atom stereocenters. The zero-order valence-corrected chi connectivity index (χ0v) is 11.0. The lowest BCUT2D eigenvalue weighted by atomic mass is 9.80. The highest BCUT2D eigenvalue weighted by atomic mass is 16.5. The van der Waals surface area contributed by atoms with E-state index in [0.717, 1.165) is 18.9 Å². The Balaban J connectivity index is 1.60. The molecule has 2 N–H and O–H groups in total. The van der Waals surface area contributed by atoms with Crippen LogP contribution in [0.1, 0.15) is 61.6 Å². The fraction of sp³-hybridized carbons (Fsp3) is 0.625. The maximum atomic E-state index is 6.27. The van der Waals surface area contributed by atoms with Crippen molar-refractivity contribution in [2.24, 2.45) is 5.73 Å². The zero-order chi connectivity index (χ0) is 12.4. The summed E-state index contributed by atoms with van der Waals surface area (Å²) < 4.78 is 5.65. The van der Waals surface area contributed by atoms with Crippen molar-refractivity contribution in [3.8, 4) is 0 Å². The lowest BCUT2D eigenvalue weighted by Crippen LogP contribution is -2.18. The van der Waals surface area contributed by atoms with Crippen molar-refractivity contribution in [2.45, 2.75) is 56.6 Å². The van der Waals surface area contributed by atoms with Gasteiger partial charge < -0.3 is 10.5 Å². The monoisotopic (exact) mass is 245 g/mol. The summed E-state index contributed by atoms with van der Waals surface area (Å²) in [5.41, 5.74) is 9.02. The van der Waals surface area contributed by atoms with E-state index in [1.54, 1.807) is 0 Å². The largest absolute Gasteiger partial charge is 0.378 e. The second-order valence-corrected chi connectivity index (χ2v) is 5.77. The zero-order valence-electron chi connectivity index (χ0n) is 11.0. The Bertz CT molecular complexity index is 377. The SMILES string of the molecule is NC(CC1CCCO1)c1ccc(C2CCC2)cc1. The fourth-order valence-corrected chi connectivity index (χ4v) is 3.01. The summed E-state index contributed by atoms with van der Waals surface area (Å²) >= 11 is 0. The number of rotatable bonds is 4. The van der Waals surface area contributed by atoms with E-state index in [4.69, 9.17) is 10.5 Å². The summed E-state index contributed by atoms with van der Waals surface area (Å²) in [5.74, 6) is 0.813. The van der Waals surface area contributed by atoms with Crippen molar-refractivity contribution in [3.63, 3.8) is 0 Å². The first-order valence-electron chi connectivity index (χ1n) is 7.30. The molecule has 3 rings (SSSR count). The minimum Gasteiger partial charge on any atom is -0.378 e. The van der Waals surface area contributed by atoms with Gasteiger partial charge in [-0.25, -0.2) is 0 Å². The van der Waals surface area contributed by atoms with Gasteiger partial charge in [-0.05, 0) is 49.1 Å². The molecule has 1 saturated carbocycles. The van der Waals surface area contributed by atoms with E-state index in [1.165, 1.54) is 43.2 Å². The van der Waals surface area contributed by atoms with Crippen LogP contribution < -0.4 is 5.73 Å². The minimum atomic E-state index is 0.128. The van der Waals surface area contributed by atoms with E-state index < -0.39 is 0 Å². The van der Waals surface area contributed by atoms with Crippen LogP contribution in [0.15, 0.2) is 24.3 Å². The Morgan fingerprint density at radius 3 is 2.44 bits per heavy atom. The quantitative estimate of drug-likeness (QED) is 0.880. The predicted octanol–water partition coefficient (Wildman–Crippen LogP) is 3.52. The molecule has 0 spiro atoms. The third-order valence-electron chi connectivity index (χ3n) is 4.48. The molecule has 0 bridgehead atoms. The molecular weight excluding hydrogens is 222 g/mol. The van der Waals surface area contributed by atoms with E-state index in [0.29, 0.717) is 6.10 Å². The van der Waals surface area contributed by atoms with Crippen LogP contribution in [-0.4, -0.2) is 12.7 Å². The lowest BCUT2D eigenvalue weighted by molar-refractivity contribution is 0.0983. The average Bonchev–Trinajstić information content (AvgIpc) is 2.80. The second kappa shape index (κ2) is 5.41. The molecule has 1 aromatic carbocycles. The van der Waals surface area contributed by atoms with Crippen LogP contribution in [0, 0.1) is 0 Å². The summed E-state index contributed by atoms with van der Waals surface area (Å²) in [6.45, 7) is 0.915. The Hall–Kier alpha value is -0.860. The summed E-state index contributed by atoms with van der Waals surface area (Å²) in [5, 5.41) is 0. The maximum Gasteiger partial charge on any atom is 0.0594 e. The van der Waals surface area contributed by atoms with E-state index in [1.807, 2.05) is 0 Å². The van der Waals surface area contributed by atoms with Crippen molar-refractivity contribution < 1.29 is 4.74 Å². The Morgan fingerprint density at radius 1 is 1.11 bits per heavy atom. The predicted molar refractivity (Wildman–Crippen MR) is 73.6 cm³/mol. The molecule has 2 atom stereocenters. The highest BCUT2D eigenvalue weighted by Crippen LogP contribution is 2.36. The Kier molecular flexibility index (Phi) is 3.67. The van der Waals surface area contributed by atoms with Gasteiger partial charge in [0.1, 0.15) is 0 Å². The molecule has 2 nitrogen and oxygen atoms in total. The summed E-state index contributed by atoms with van der Waals surface area (Å²) in [4.78, 5) is 0. The van der Waals surface area contributed by atoms with Crippen molar-refractivity contribution in [1.82, 2.24) is 0 Å². The van der Waals surface area contributed by atoms with Crippen molar-refractivity contribution >= 4 is 0 Å². The molecule has 1 aliphatic carbocycles. The Labute approximate surface area is 110 Å². The van der Waals surface area contributed by atoms with Gasteiger partial charge >= 0.3 is 0 Å². The van der Waals surface area contributed by atoms with Gasteiger partial charge in [0.2, 0.25) is 0 Å². The lowest BCUT2D eigenvalue weighted by Gasteiger charge is -2.26. The summed E-state index contributed by atoms with van der Waals surface area (Å²) in [6, 6.07) is 9.10. The van der Waals surface area contributed by atoms with Crippen LogP contribution in [0.5, 0.6) is 0 Å². The molecule has 0 radical (unpaired) electrons. The van der Waals surface area contributed by atoms with Crippen LogP contribution in [0.4, 0.5) is 0 Å². The molecule has 2 heteroatoms. The van der Waals surface area contributed by atoms with Crippen LogP contribution in [0.25, 0.3) is 0 Å². The number of hydrogen-bond acceptors (Lipinski definition) is 2. The molecule has 1 saturated heterocycles. The molecule has 2 aliphatic rings. The first kappa shape index (κ1) is 12.2. The fourth-order valence-electron chi connectivity index (χ4n) is 3.01. The van der Waals surface area contributed by atoms with E-state index >= 15 is 0 Å². The van der Waals surface area contributed by atoms with Gasteiger partial charge in [-0.15, -0.1) is 0 Å². The van der Waals surface area contributed by atoms with Crippen molar-refractivity contribution in [3.05, 3.63) is 35.4 Å². The van der Waals surface area contributed by atoms with Crippen LogP contribution in [-0.2, 0) is 4.74 Å². The molecule has 0 aromatic heterocycles. The third-order valence-corrected chi connectivity index (χ3v) is 4.48. The van der Waals surface area contributed by atoms with Crippen molar-refractivity contribution in [2.75, 3.05) is 6.61 Å². The van der Waals surface area contributed by atoms with Gasteiger partial charge in [-0.2, -0.15) is 0 Å². The van der Waals surface area contributed by atoms with Gasteiger partial charge in [0, 0.05) is 12.6 Å². The van der Waals surface area contributed by atoms with Crippen LogP contribution in [0.3, 0.4) is 0 Å². The number of ether oxygens (including phenoxy) is 1. The van der Waals surface area contributed by atoms with E-state index in [2.05, 4.69) is 24.3 Å². The normalized spacial score (nSPS) is 25.9. The topological polar surface area (TPSA) is 35.2 Å². The van der Waals surface area contributed by atoms with Gasteiger partial charge in [-0.1, -0.05) is 30.7 Å². The van der Waals surface area contributed by atoms with Crippen LogP contribution >= 0.6 is 0 Å². The van der Waals surface area contributed by atoms with Gasteiger partial charge in [0.05, 0.1) is 6.10 Å². The Morgan fingerprint density at radius 2 is 1.89 bits per heavy atom. The van der Waals surface area contributed by atoms with Gasteiger partial charge in [0.15, 0.2) is 0 Å².